The second-order valence-electron chi connectivity index (χ2n) is 8.78. The summed E-state index contributed by atoms with van der Waals surface area (Å²) >= 11 is 5.98. The van der Waals surface area contributed by atoms with E-state index < -0.39 is 36.4 Å². The van der Waals surface area contributed by atoms with Crippen LogP contribution < -0.4 is 11.1 Å². The summed E-state index contributed by atoms with van der Waals surface area (Å²) in [4.78, 5) is 21.8. The minimum absolute atomic E-state index is 0.0157. The number of carbonyl (C=O) groups excluding carboxylic acids is 1. The third kappa shape index (κ3) is 3.95. The number of rotatable bonds is 5. The van der Waals surface area contributed by atoms with Crippen molar-refractivity contribution in [2.75, 3.05) is 11.1 Å². The summed E-state index contributed by atoms with van der Waals surface area (Å²) in [5, 5.41) is 7.85. The average Bonchev–Trinajstić information content (AvgIpc) is 3.33. The minimum Gasteiger partial charge on any atom is -0.383 e. The van der Waals surface area contributed by atoms with Crippen LogP contribution in [0.25, 0.3) is 22.4 Å². The van der Waals surface area contributed by atoms with Crippen molar-refractivity contribution in [3.8, 4) is 11.5 Å². The number of carbonyl (C=O) groups is 1. The van der Waals surface area contributed by atoms with Crippen LogP contribution in [0.15, 0.2) is 48.5 Å². The highest BCUT2D eigenvalue weighted by Gasteiger charge is 2.56. The number of nitrogens with one attached hydrogen (secondary N) is 1. The second kappa shape index (κ2) is 8.37. The lowest BCUT2D eigenvalue weighted by Crippen LogP contribution is -2.37. The molecule has 1 atom stereocenters. The van der Waals surface area contributed by atoms with Crippen molar-refractivity contribution in [2.45, 2.75) is 37.4 Å². The fourth-order valence-electron chi connectivity index (χ4n) is 4.42. The van der Waals surface area contributed by atoms with Crippen LogP contribution in [-0.2, 0) is 16.8 Å². The van der Waals surface area contributed by atoms with Gasteiger partial charge in [0.25, 0.3) is 0 Å². The number of aryl methyl sites for hydroxylation is 1. The SMILES string of the molecule is CC1(c2ccc(Cl)cc2)C(=O)Nc2nc(-c3nn(CCC(F)(F)C(F)(F)F)c4ccccc34)nc(N)c21. The molecule has 3 N–H and O–H groups in total. The number of halogens is 6. The maximum Gasteiger partial charge on any atom is 0.453 e. The Morgan fingerprint density at radius 2 is 1.73 bits per heavy atom. The number of nitrogen functional groups attached to an aromatic ring is 1. The van der Waals surface area contributed by atoms with Crippen LogP contribution in [0.5, 0.6) is 0 Å². The average molecular weight is 537 g/mol. The van der Waals surface area contributed by atoms with Gasteiger partial charge in [0.1, 0.15) is 22.7 Å². The molecule has 0 aliphatic carbocycles. The summed E-state index contributed by atoms with van der Waals surface area (Å²) in [5.74, 6) is -5.17. The zero-order valence-electron chi connectivity index (χ0n) is 19.1. The lowest BCUT2D eigenvalue weighted by Gasteiger charge is -2.23. The highest BCUT2D eigenvalue weighted by molar-refractivity contribution is 6.30. The first kappa shape index (κ1) is 24.9. The van der Waals surface area contributed by atoms with Gasteiger partial charge in [-0.2, -0.15) is 27.1 Å². The van der Waals surface area contributed by atoms with Crippen LogP contribution in [-0.4, -0.2) is 37.8 Å². The molecule has 0 spiro atoms. The number of nitrogens with two attached hydrogens (primary N) is 1. The second-order valence-corrected chi connectivity index (χ2v) is 9.22. The number of para-hydroxylation sites is 1. The van der Waals surface area contributed by atoms with Gasteiger partial charge in [0.15, 0.2) is 5.82 Å². The van der Waals surface area contributed by atoms with Gasteiger partial charge in [-0.3, -0.25) is 9.48 Å². The summed E-state index contributed by atoms with van der Waals surface area (Å²) in [6.45, 7) is 0.959. The molecule has 4 aromatic rings. The molecule has 1 aliphatic rings. The van der Waals surface area contributed by atoms with E-state index in [-0.39, 0.29) is 23.2 Å². The lowest BCUT2D eigenvalue weighted by molar-refractivity contribution is -0.285. The molecule has 0 saturated heterocycles. The molecular formula is C24H18ClF5N6O. The first-order valence-electron chi connectivity index (χ1n) is 11.0. The Kier molecular flexibility index (Phi) is 5.63. The molecule has 1 aliphatic heterocycles. The molecular weight excluding hydrogens is 519 g/mol. The Balaban J connectivity index is 1.58. The van der Waals surface area contributed by atoms with E-state index in [1.54, 1.807) is 49.4 Å². The lowest BCUT2D eigenvalue weighted by atomic mass is 9.78. The number of benzene rings is 2. The number of aromatic nitrogens is 4. The topological polar surface area (TPSA) is 98.7 Å². The van der Waals surface area contributed by atoms with E-state index >= 15 is 0 Å². The van der Waals surface area contributed by atoms with E-state index in [1.807, 2.05) is 0 Å². The van der Waals surface area contributed by atoms with Gasteiger partial charge in [0.2, 0.25) is 5.91 Å². The number of alkyl halides is 5. The van der Waals surface area contributed by atoms with Crippen molar-refractivity contribution in [1.82, 2.24) is 19.7 Å². The summed E-state index contributed by atoms with van der Waals surface area (Å²) in [6, 6.07) is 13.1. The van der Waals surface area contributed by atoms with Crippen LogP contribution in [0.3, 0.4) is 0 Å². The third-order valence-electron chi connectivity index (χ3n) is 6.47. The Labute approximate surface area is 211 Å². The van der Waals surface area contributed by atoms with Crippen molar-refractivity contribution in [3.05, 3.63) is 64.7 Å². The highest BCUT2D eigenvalue weighted by Crippen LogP contribution is 2.45. The van der Waals surface area contributed by atoms with E-state index in [4.69, 9.17) is 17.3 Å². The van der Waals surface area contributed by atoms with Gasteiger partial charge in [-0.05, 0) is 30.7 Å². The van der Waals surface area contributed by atoms with Crippen molar-refractivity contribution >= 4 is 40.0 Å². The van der Waals surface area contributed by atoms with E-state index in [1.165, 1.54) is 6.07 Å². The molecule has 13 heteroatoms. The molecule has 0 bridgehead atoms. The van der Waals surface area contributed by atoms with Gasteiger partial charge in [-0.15, -0.1) is 0 Å². The number of fused-ring (bicyclic) bond motifs is 2. The third-order valence-corrected chi connectivity index (χ3v) is 6.72. The Morgan fingerprint density at radius 3 is 2.41 bits per heavy atom. The van der Waals surface area contributed by atoms with Gasteiger partial charge in [0.05, 0.1) is 11.1 Å². The standard InChI is InChI=1S/C24H18ClF5N6O/c1-22(12-6-8-13(25)9-7-12)16-18(31)32-20(33-19(16)34-21(22)37)17-14-4-2-3-5-15(14)36(35-17)11-10-23(26,27)24(28,29)30/h2-9H,10-11H2,1H3,(H3,31,32,33,34,37). The number of amides is 1. The van der Waals surface area contributed by atoms with Crippen LogP contribution in [0, 0.1) is 0 Å². The van der Waals surface area contributed by atoms with E-state index in [0.717, 1.165) is 4.68 Å². The van der Waals surface area contributed by atoms with Crippen molar-refractivity contribution in [3.63, 3.8) is 0 Å². The summed E-state index contributed by atoms with van der Waals surface area (Å²) in [7, 11) is 0. The van der Waals surface area contributed by atoms with Crippen LogP contribution in [0.2, 0.25) is 5.02 Å². The number of hydrogen-bond acceptors (Lipinski definition) is 5. The van der Waals surface area contributed by atoms with Gasteiger partial charge < -0.3 is 11.1 Å². The Hall–Kier alpha value is -3.80. The van der Waals surface area contributed by atoms with Crippen molar-refractivity contribution < 1.29 is 26.7 Å². The van der Waals surface area contributed by atoms with Crippen molar-refractivity contribution in [1.29, 1.82) is 0 Å². The molecule has 192 valence electrons. The molecule has 7 nitrogen and oxygen atoms in total. The molecule has 0 radical (unpaired) electrons. The predicted molar refractivity (Wildman–Crippen MR) is 127 cm³/mol. The molecule has 1 amide bonds. The van der Waals surface area contributed by atoms with Crippen LogP contribution in [0.4, 0.5) is 33.6 Å². The molecule has 2 aromatic heterocycles. The molecule has 0 fully saturated rings. The number of nitrogens with zero attached hydrogens (tertiary/aromatic N) is 4. The smallest absolute Gasteiger partial charge is 0.383 e. The van der Waals surface area contributed by atoms with Crippen LogP contribution >= 0.6 is 11.6 Å². The molecule has 3 heterocycles. The molecule has 1 unspecified atom stereocenters. The normalized spacial score (nSPS) is 17.8. The molecule has 5 rings (SSSR count). The Morgan fingerprint density at radius 1 is 1.05 bits per heavy atom. The quantitative estimate of drug-likeness (QED) is 0.325. The number of hydrogen-bond donors (Lipinski definition) is 2. The van der Waals surface area contributed by atoms with E-state index in [2.05, 4.69) is 20.4 Å². The first-order chi connectivity index (χ1) is 17.3. The molecule has 2 aromatic carbocycles. The zero-order chi connectivity index (χ0) is 26.8. The largest absolute Gasteiger partial charge is 0.453 e. The first-order valence-corrected chi connectivity index (χ1v) is 11.4. The molecule has 0 saturated carbocycles. The molecule has 37 heavy (non-hydrogen) atoms. The van der Waals surface area contributed by atoms with E-state index in [9.17, 15) is 26.7 Å². The highest BCUT2D eigenvalue weighted by atomic mass is 35.5. The van der Waals surface area contributed by atoms with Gasteiger partial charge in [0, 0.05) is 23.4 Å². The summed E-state index contributed by atoms with van der Waals surface area (Å²) < 4.78 is 66.2. The fraction of sp³-hybridized carbons (Fsp3) is 0.250. The van der Waals surface area contributed by atoms with Crippen LogP contribution in [0.1, 0.15) is 24.5 Å². The van der Waals surface area contributed by atoms with Gasteiger partial charge in [-0.25, -0.2) is 9.97 Å². The maximum absolute atomic E-state index is 13.6. The summed E-state index contributed by atoms with van der Waals surface area (Å²) in [6.07, 6.45) is -7.17. The van der Waals surface area contributed by atoms with Gasteiger partial charge in [-0.1, -0.05) is 41.9 Å². The monoisotopic (exact) mass is 536 g/mol. The van der Waals surface area contributed by atoms with E-state index in [0.29, 0.717) is 27.1 Å². The Bertz CT molecular complexity index is 1540. The summed E-state index contributed by atoms with van der Waals surface area (Å²) in [5.41, 5.74) is 6.47. The van der Waals surface area contributed by atoms with Crippen molar-refractivity contribution in [2.24, 2.45) is 0 Å². The zero-order valence-corrected chi connectivity index (χ0v) is 19.8. The number of anilines is 2. The fourth-order valence-corrected chi connectivity index (χ4v) is 4.55. The minimum atomic E-state index is -5.68. The predicted octanol–water partition coefficient (Wildman–Crippen LogP) is 5.57. The van der Waals surface area contributed by atoms with Gasteiger partial charge >= 0.3 is 12.1 Å². The maximum atomic E-state index is 13.6.